The van der Waals surface area contributed by atoms with E-state index in [1.54, 1.807) is 0 Å². The van der Waals surface area contributed by atoms with Gasteiger partial charge in [-0.3, -0.25) is 0 Å². The summed E-state index contributed by atoms with van der Waals surface area (Å²) in [7, 11) is 0. The Labute approximate surface area is 104 Å². The number of nitrogens with one attached hydrogen (secondary N) is 1. The van der Waals surface area contributed by atoms with E-state index >= 15 is 0 Å². The molecule has 0 unspecified atom stereocenters. The molecule has 0 saturated heterocycles. The summed E-state index contributed by atoms with van der Waals surface area (Å²) >= 11 is 0. The predicted octanol–water partition coefficient (Wildman–Crippen LogP) is 3.57. The molecule has 0 spiro atoms. The largest absolute Gasteiger partial charge is 0.317 e. The lowest BCUT2D eigenvalue weighted by Gasteiger charge is -2.08. The van der Waals surface area contributed by atoms with E-state index < -0.39 is 0 Å². The van der Waals surface area contributed by atoms with E-state index in [9.17, 15) is 0 Å². The van der Waals surface area contributed by atoms with E-state index in [1.807, 2.05) is 0 Å². The highest BCUT2D eigenvalue weighted by molar-refractivity contribution is 5.74. The van der Waals surface area contributed by atoms with Crippen LogP contribution in [-0.2, 0) is 6.42 Å². The highest BCUT2D eigenvalue weighted by Gasteiger charge is 2.01. The second kappa shape index (κ2) is 6.41. The fraction of sp³-hybridized carbons (Fsp3) is 0.375. The van der Waals surface area contributed by atoms with Crippen LogP contribution in [0.15, 0.2) is 42.5 Å². The van der Waals surface area contributed by atoms with Crippen LogP contribution in [0.2, 0.25) is 0 Å². The zero-order valence-corrected chi connectivity index (χ0v) is 10.6. The summed E-state index contributed by atoms with van der Waals surface area (Å²) in [6.07, 6.45) is 10.3. The Hall–Kier alpha value is -1.34. The van der Waals surface area contributed by atoms with Crippen molar-refractivity contribution in [2.45, 2.75) is 26.2 Å². The number of likely N-dealkylation sites (N-methyl/N-ethyl adjacent to an activating group) is 1. The van der Waals surface area contributed by atoms with Crippen molar-refractivity contribution in [3.05, 3.63) is 53.6 Å². The van der Waals surface area contributed by atoms with Crippen LogP contribution < -0.4 is 5.32 Å². The van der Waals surface area contributed by atoms with Crippen LogP contribution in [0, 0.1) is 0 Å². The van der Waals surface area contributed by atoms with Gasteiger partial charge in [0.05, 0.1) is 0 Å². The number of hydrogen-bond acceptors (Lipinski definition) is 1. The summed E-state index contributed by atoms with van der Waals surface area (Å²) in [6.45, 7) is 4.26. The zero-order valence-electron chi connectivity index (χ0n) is 10.6. The zero-order chi connectivity index (χ0) is 11.9. The van der Waals surface area contributed by atoms with Crippen molar-refractivity contribution in [3.8, 4) is 0 Å². The van der Waals surface area contributed by atoms with Gasteiger partial charge in [-0.25, -0.2) is 0 Å². The Morgan fingerprint density at radius 2 is 1.94 bits per heavy atom. The van der Waals surface area contributed by atoms with Gasteiger partial charge in [0.1, 0.15) is 0 Å². The molecule has 1 aliphatic carbocycles. The topological polar surface area (TPSA) is 12.0 Å². The van der Waals surface area contributed by atoms with Crippen molar-refractivity contribution < 1.29 is 0 Å². The van der Waals surface area contributed by atoms with Crippen LogP contribution in [0.5, 0.6) is 0 Å². The molecule has 2 rings (SSSR count). The third-order valence-electron chi connectivity index (χ3n) is 3.12. The SMILES string of the molecule is CCNCCc1ccc(C2=CCCC=C2)cc1. The first-order chi connectivity index (χ1) is 8.40. The standard InChI is InChI=1S/C16H21N/c1-2-17-13-12-14-8-10-16(11-9-14)15-6-4-3-5-7-15/h4,6-11,17H,2-3,5,12-13H2,1H3. The minimum atomic E-state index is 1.05. The molecule has 1 heteroatoms. The van der Waals surface area contributed by atoms with E-state index in [0.717, 1.165) is 19.5 Å². The molecule has 0 radical (unpaired) electrons. The summed E-state index contributed by atoms with van der Waals surface area (Å²) in [5.74, 6) is 0. The van der Waals surface area contributed by atoms with Crippen LogP contribution in [0.4, 0.5) is 0 Å². The quantitative estimate of drug-likeness (QED) is 0.758. The Morgan fingerprint density at radius 1 is 1.12 bits per heavy atom. The molecule has 0 atom stereocenters. The maximum atomic E-state index is 3.35. The van der Waals surface area contributed by atoms with Crippen LogP contribution in [0.25, 0.3) is 5.57 Å². The van der Waals surface area contributed by atoms with E-state index in [2.05, 4.69) is 54.7 Å². The van der Waals surface area contributed by atoms with Crippen LogP contribution in [0.1, 0.15) is 30.9 Å². The first-order valence-electron chi connectivity index (χ1n) is 6.57. The summed E-state index contributed by atoms with van der Waals surface area (Å²) in [5.41, 5.74) is 4.12. The summed E-state index contributed by atoms with van der Waals surface area (Å²) in [6, 6.07) is 8.97. The third kappa shape index (κ3) is 3.57. The molecule has 0 aromatic heterocycles. The molecular formula is C16H21N. The maximum Gasteiger partial charge on any atom is -0.000847 e. The van der Waals surface area contributed by atoms with Crippen LogP contribution >= 0.6 is 0 Å². The predicted molar refractivity (Wildman–Crippen MR) is 75.0 cm³/mol. The highest BCUT2D eigenvalue weighted by atomic mass is 14.8. The fourth-order valence-corrected chi connectivity index (χ4v) is 2.10. The maximum absolute atomic E-state index is 3.35. The second-order valence-electron chi connectivity index (χ2n) is 4.44. The summed E-state index contributed by atoms with van der Waals surface area (Å²) < 4.78 is 0. The fourth-order valence-electron chi connectivity index (χ4n) is 2.10. The average molecular weight is 227 g/mol. The molecule has 17 heavy (non-hydrogen) atoms. The van der Waals surface area contributed by atoms with Crippen molar-refractivity contribution in [3.63, 3.8) is 0 Å². The lowest BCUT2D eigenvalue weighted by Crippen LogP contribution is -2.15. The number of rotatable bonds is 5. The normalized spacial score (nSPS) is 14.8. The molecule has 0 amide bonds. The molecule has 0 heterocycles. The Bertz CT molecular complexity index is 398. The van der Waals surface area contributed by atoms with Gasteiger partial charge in [-0.05, 0) is 49.1 Å². The molecule has 90 valence electrons. The molecule has 0 saturated carbocycles. The van der Waals surface area contributed by atoms with E-state index in [4.69, 9.17) is 0 Å². The van der Waals surface area contributed by atoms with Gasteiger partial charge in [0, 0.05) is 0 Å². The molecule has 1 nitrogen and oxygen atoms in total. The number of benzene rings is 1. The third-order valence-corrected chi connectivity index (χ3v) is 3.12. The van der Waals surface area contributed by atoms with Crippen molar-refractivity contribution in [1.29, 1.82) is 0 Å². The van der Waals surface area contributed by atoms with Crippen LogP contribution in [-0.4, -0.2) is 13.1 Å². The van der Waals surface area contributed by atoms with Gasteiger partial charge in [0.15, 0.2) is 0 Å². The van der Waals surface area contributed by atoms with Gasteiger partial charge in [-0.15, -0.1) is 0 Å². The van der Waals surface area contributed by atoms with E-state index in [1.165, 1.54) is 29.5 Å². The monoisotopic (exact) mass is 227 g/mol. The summed E-state index contributed by atoms with van der Waals surface area (Å²) in [5, 5.41) is 3.35. The van der Waals surface area contributed by atoms with Gasteiger partial charge < -0.3 is 5.32 Å². The Morgan fingerprint density at radius 3 is 2.59 bits per heavy atom. The van der Waals surface area contributed by atoms with Crippen molar-refractivity contribution in [2.24, 2.45) is 0 Å². The minimum Gasteiger partial charge on any atom is -0.317 e. The molecule has 1 aromatic rings. The smallest absolute Gasteiger partial charge is 0.000847 e. The van der Waals surface area contributed by atoms with Gasteiger partial charge >= 0.3 is 0 Å². The molecule has 1 aromatic carbocycles. The molecule has 0 fully saturated rings. The molecule has 1 N–H and O–H groups in total. The minimum absolute atomic E-state index is 1.05. The van der Waals surface area contributed by atoms with Crippen molar-refractivity contribution in [1.82, 2.24) is 5.32 Å². The molecular weight excluding hydrogens is 206 g/mol. The van der Waals surface area contributed by atoms with Gasteiger partial charge in [0.25, 0.3) is 0 Å². The molecule has 0 aliphatic heterocycles. The van der Waals surface area contributed by atoms with Crippen molar-refractivity contribution in [2.75, 3.05) is 13.1 Å². The highest BCUT2D eigenvalue weighted by Crippen LogP contribution is 2.21. The number of allylic oxidation sites excluding steroid dienone is 4. The van der Waals surface area contributed by atoms with E-state index in [-0.39, 0.29) is 0 Å². The van der Waals surface area contributed by atoms with Crippen molar-refractivity contribution >= 4 is 5.57 Å². The lowest BCUT2D eigenvalue weighted by atomic mass is 9.98. The van der Waals surface area contributed by atoms with Gasteiger partial charge in [-0.2, -0.15) is 0 Å². The first-order valence-corrected chi connectivity index (χ1v) is 6.57. The molecule has 1 aliphatic rings. The first kappa shape index (κ1) is 12.1. The second-order valence-corrected chi connectivity index (χ2v) is 4.44. The van der Waals surface area contributed by atoms with Crippen LogP contribution in [0.3, 0.4) is 0 Å². The van der Waals surface area contributed by atoms with E-state index in [0.29, 0.717) is 0 Å². The lowest BCUT2D eigenvalue weighted by molar-refractivity contribution is 0.716. The summed E-state index contributed by atoms with van der Waals surface area (Å²) in [4.78, 5) is 0. The Balaban J connectivity index is 1.97. The molecule has 0 bridgehead atoms. The van der Waals surface area contributed by atoms with Gasteiger partial charge in [-0.1, -0.05) is 49.4 Å². The Kier molecular flexibility index (Phi) is 4.57. The average Bonchev–Trinajstić information content (AvgIpc) is 2.41. The number of hydrogen-bond donors (Lipinski definition) is 1. The van der Waals surface area contributed by atoms with Gasteiger partial charge in [0.2, 0.25) is 0 Å².